The van der Waals surface area contributed by atoms with Crippen molar-refractivity contribution in [2.24, 2.45) is 0 Å². The fourth-order valence-electron chi connectivity index (χ4n) is 1.59. The second-order valence-electron chi connectivity index (χ2n) is 3.52. The molecule has 0 fully saturated rings. The summed E-state index contributed by atoms with van der Waals surface area (Å²) in [5, 5.41) is 0. The molecule has 16 heavy (non-hydrogen) atoms. The van der Waals surface area contributed by atoms with Crippen LogP contribution in [0.2, 0.25) is 0 Å². The maximum absolute atomic E-state index is 12.4. The Hall–Kier alpha value is -1.10. The van der Waals surface area contributed by atoms with Crippen molar-refractivity contribution in [3.8, 4) is 0 Å². The topological polar surface area (TPSA) is 37.4 Å². The Morgan fingerprint density at radius 2 is 1.62 bits per heavy atom. The van der Waals surface area contributed by atoms with Gasteiger partial charge in [0.05, 0.1) is 0 Å². The van der Waals surface area contributed by atoms with Crippen LogP contribution in [-0.2, 0) is 16.0 Å². The lowest BCUT2D eigenvalue weighted by atomic mass is 10.2. The van der Waals surface area contributed by atoms with Crippen LogP contribution in [-0.4, -0.2) is 21.5 Å². The fourth-order valence-corrected chi connectivity index (χ4v) is 2.18. The molecule has 0 aliphatic heterocycles. The van der Waals surface area contributed by atoms with Gasteiger partial charge in [-0.2, -0.15) is 8.42 Å². The van der Waals surface area contributed by atoms with Gasteiger partial charge in [0.15, 0.2) is 0 Å². The van der Waals surface area contributed by atoms with E-state index in [0.29, 0.717) is 5.56 Å². The highest BCUT2D eigenvalue weighted by molar-refractivity contribution is 7.85. The first-order valence-corrected chi connectivity index (χ1v) is 6.77. The minimum Gasteiger partial charge on any atom is -0.372 e. The zero-order valence-corrected chi connectivity index (χ0v) is 10.3. The fraction of sp³-hybridized carbons (Fsp3) is 0.455. The molecule has 90 valence electrons. The summed E-state index contributed by atoms with van der Waals surface area (Å²) in [6.07, 6.45) is 0. The third-order valence-electron chi connectivity index (χ3n) is 2.40. The van der Waals surface area contributed by atoms with E-state index in [2.05, 4.69) is 4.90 Å². The van der Waals surface area contributed by atoms with Gasteiger partial charge in [-0.05, 0) is 31.5 Å². The number of benzene rings is 1. The minimum atomic E-state index is -4.44. The molecular weight excluding hydrogens is 229 g/mol. The Bertz CT molecular complexity index is 424. The summed E-state index contributed by atoms with van der Waals surface area (Å²) in [6, 6.07) is 6.91. The van der Waals surface area contributed by atoms with Crippen molar-refractivity contribution in [2.75, 3.05) is 18.0 Å². The molecule has 3 nitrogen and oxygen atoms in total. The number of anilines is 1. The molecule has 0 aromatic heterocycles. The summed E-state index contributed by atoms with van der Waals surface area (Å²) in [7, 11) is -4.44. The minimum absolute atomic E-state index is 0.471. The monoisotopic (exact) mass is 245 g/mol. The van der Waals surface area contributed by atoms with Gasteiger partial charge in [-0.25, -0.2) is 0 Å². The molecule has 5 heteroatoms. The summed E-state index contributed by atoms with van der Waals surface area (Å²) in [5.41, 5.74) is 1.49. The van der Waals surface area contributed by atoms with Crippen molar-refractivity contribution >= 4 is 15.9 Å². The van der Waals surface area contributed by atoms with Gasteiger partial charge in [0.25, 0.3) is 0 Å². The third-order valence-corrected chi connectivity index (χ3v) is 3.08. The van der Waals surface area contributed by atoms with E-state index in [1.807, 2.05) is 26.0 Å². The van der Waals surface area contributed by atoms with Crippen molar-refractivity contribution in [2.45, 2.75) is 19.6 Å². The molecule has 0 N–H and O–H groups in total. The molecule has 0 spiro atoms. The first-order chi connectivity index (χ1) is 7.46. The number of halogens is 1. The lowest BCUT2D eigenvalue weighted by molar-refractivity contribution is 0.551. The van der Waals surface area contributed by atoms with Crippen molar-refractivity contribution < 1.29 is 12.3 Å². The van der Waals surface area contributed by atoms with Gasteiger partial charge in [0.1, 0.15) is 5.75 Å². The Balaban J connectivity index is 2.82. The van der Waals surface area contributed by atoms with E-state index < -0.39 is 16.0 Å². The molecule has 0 radical (unpaired) electrons. The van der Waals surface area contributed by atoms with Crippen LogP contribution >= 0.6 is 0 Å². The van der Waals surface area contributed by atoms with Gasteiger partial charge in [0.2, 0.25) is 0 Å². The molecule has 1 aromatic rings. The molecule has 1 rings (SSSR count). The van der Waals surface area contributed by atoms with E-state index in [1.165, 1.54) is 0 Å². The van der Waals surface area contributed by atoms with E-state index >= 15 is 0 Å². The number of nitrogens with zero attached hydrogens (tertiary/aromatic N) is 1. The molecular formula is C11H16FNO2S. The normalized spacial score (nSPS) is 11.4. The van der Waals surface area contributed by atoms with Crippen molar-refractivity contribution in [3.63, 3.8) is 0 Å². The molecule has 0 aliphatic rings. The predicted octanol–water partition coefficient (Wildman–Crippen LogP) is 2.33. The van der Waals surface area contributed by atoms with Gasteiger partial charge in [0, 0.05) is 18.8 Å². The highest BCUT2D eigenvalue weighted by Crippen LogP contribution is 2.16. The van der Waals surface area contributed by atoms with Crippen LogP contribution in [0.1, 0.15) is 19.4 Å². The Labute approximate surface area is 96.1 Å². The highest BCUT2D eigenvalue weighted by atomic mass is 32.3. The molecule has 0 heterocycles. The quantitative estimate of drug-likeness (QED) is 0.747. The Morgan fingerprint density at radius 1 is 1.12 bits per heavy atom. The molecule has 0 atom stereocenters. The third kappa shape index (κ3) is 3.81. The highest BCUT2D eigenvalue weighted by Gasteiger charge is 2.09. The molecule has 0 amide bonds. The smallest absolute Gasteiger partial charge is 0.306 e. The van der Waals surface area contributed by atoms with Crippen LogP contribution in [0, 0.1) is 0 Å². The van der Waals surface area contributed by atoms with E-state index in [0.717, 1.165) is 18.8 Å². The lowest BCUT2D eigenvalue weighted by Gasteiger charge is -2.20. The zero-order chi connectivity index (χ0) is 12.2. The van der Waals surface area contributed by atoms with Crippen LogP contribution in [0.25, 0.3) is 0 Å². The van der Waals surface area contributed by atoms with E-state index in [4.69, 9.17) is 0 Å². The summed E-state index contributed by atoms with van der Waals surface area (Å²) < 4.78 is 33.3. The average molecular weight is 245 g/mol. The molecule has 0 bridgehead atoms. The van der Waals surface area contributed by atoms with Gasteiger partial charge in [-0.1, -0.05) is 12.1 Å². The molecule has 0 saturated heterocycles. The number of hydrogen-bond donors (Lipinski definition) is 0. The lowest BCUT2D eigenvalue weighted by Crippen LogP contribution is -2.21. The van der Waals surface area contributed by atoms with E-state index in [-0.39, 0.29) is 0 Å². The maximum atomic E-state index is 12.4. The summed E-state index contributed by atoms with van der Waals surface area (Å²) in [6.45, 7) is 5.86. The number of hydrogen-bond acceptors (Lipinski definition) is 3. The van der Waals surface area contributed by atoms with Crippen molar-refractivity contribution in [1.82, 2.24) is 0 Å². The SMILES string of the molecule is CCN(CC)c1ccc(CS(=O)(=O)F)cc1. The summed E-state index contributed by atoms with van der Waals surface area (Å²) in [5.74, 6) is -0.550. The molecule has 1 aromatic carbocycles. The predicted molar refractivity (Wildman–Crippen MR) is 63.7 cm³/mol. The first-order valence-electron chi connectivity index (χ1n) is 5.22. The number of rotatable bonds is 5. The van der Waals surface area contributed by atoms with Crippen molar-refractivity contribution in [1.29, 1.82) is 0 Å². The Kier molecular flexibility index (Phi) is 4.29. The summed E-state index contributed by atoms with van der Waals surface area (Å²) in [4.78, 5) is 2.13. The van der Waals surface area contributed by atoms with Crippen LogP contribution in [0.3, 0.4) is 0 Å². The van der Waals surface area contributed by atoms with Crippen LogP contribution in [0.4, 0.5) is 9.57 Å². The van der Waals surface area contributed by atoms with Gasteiger partial charge in [-0.15, -0.1) is 3.89 Å². The second-order valence-corrected chi connectivity index (χ2v) is 4.89. The first kappa shape index (κ1) is 13.0. The molecule has 0 saturated carbocycles. The molecule has 0 unspecified atom stereocenters. The van der Waals surface area contributed by atoms with Crippen LogP contribution in [0.5, 0.6) is 0 Å². The standard InChI is InChI=1S/C11H16FNO2S/c1-3-13(4-2)11-7-5-10(6-8-11)9-16(12,14)15/h5-8H,3-4,9H2,1-2H3. The van der Waals surface area contributed by atoms with Crippen LogP contribution < -0.4 is 4.90 Å². The van der Waals surface area contributed by atoms with Crippen molar-refractivity contribution in [3.05, 3.63) is 29.8 Å². The van der Waals surface area contributed by atoms with E-state index in [9.17, 15) is 12.3 Å². The molecule has 0 aliphatic carbocycles. The van der Waals surface area contributed by atoms with Gasteiger partial charge < -0.3 is 4.90 Å². The largest absolute Gasteiger partial charge is 0.372 e. The summed E-state index contributed by atoms with van der Waals surface area (Å²) >= 11 is 0. The van der Waals surface area contributed by atoms with Crippen LogP contribution in [0.15, 0.2) is 24.3 Å². The average Bonchev–Trinajstić information content (AvgIpc) is 2.20. The second kappa shape index (κ2) is 5.30. The van der Waals surface area contributed by atoms with Gasteiger partial charge in [-0.3, -0.25) is 0 Å². The maximum Gasteiger partial charge on any atom is 0.306 e. The van der Waals surface area contributed by atoms with Gasteiger partial charge >= 0.3 is 10.2 Å². The Morgan fingerprint density at radius 3 is 2.00 bits per heavy atom. The van der Waals surface area contributed by atoms with E-state index in [1.54, 1.807) is 12.1 Å². The zero-order valence-electron chi connectivity index (χ0n) is 9.48.